The number of aryl methyl sites for hydroxylation is 1. The molecule has 1 fully saturated rings. The first-order valence-electron chi connectivity index (χ1n) is 11.5. The summed E-state index contributed by atoms with van der Waals surface area (Å²) in [5.41, 5.74) is 5.14. The molecule has 1 N–H and O–H groups in total. The van der Waals surface area contributed by atoms with Crippen LogP contribution in [0.15, 0.2) is 73.3 Å². The molecule has 2 heterocycles. The molecule has 0 aliphatic heterocycles. The Hall–Kier alpha value is -3.67. The molecule has 1 aliphatic rings. The van der Waals surface area contributed by atoms with E-state index in [4.69, 9.17) is 9.72 Å². The van der Waals surface area contributed by atoms with E-state index in [0.717, 1.165) is 41.4 Å². The van der Waals surface area contributed by atoms with Crippen molar-refractivity contribution in [2.24, 2.45) is 0 Å². The van der Waals surface area contributed by atoms with E-state index in [1.54, 1.807) is 13.4 Å². The molecule has 2 aromatic carbocycles. The Morgan fingerprint density at radius 2 is 1.79 bits per heavy atom. The monoisotopic (exact) mass is 439 g/mol. The van der Waals surface area contributed by atoms with Gasteiger partial charge in [-0.3, -0.25) is 0 Å². The number of anilines is 2. The predicted molar refractivity (Wildman–Crippen MR) is 130 cm³/mol. The summed E-state index contributed by atoms with van der Waals surface area (Å²) in [6.07, 6.45) is 11.6. The SMILES string of the molecule is COc1cc(Nc2nccc(C3(c4ccccc4)CCCCC3)n2)ccc1-n1cnc(C)c1. The van der Waals surface area contributed by atoms with Crippen LogP contribution in [0.4, 0.5) is 11.6 Å². The maximum absolute atomic E-state index is 5.65. The Kier molecular flexibility index (Phi) is 5.82. The van der Waals surface area contributed by atoms with Gasteiger partial charge in [0.2, 0.25) is 5.95 Å². The number of ether oxygens (including phenoxy) is 1. The van der Waals surface area contributed by atoms with Crippen LogP contribution in [-0.2, 0) is 5.41 Å². The van der Waals surface area contributed by atoms with E-state index < -0.39 is 0 Å². The molecule has 0 atom stereocenters. The number of hydrogen-bond donors (Lipinski definition) is 1. The highest BCUT2D eigenvalue weighted by Crippen LogP contribution is 2.44. The van der Waals surface area contributed by atoms with Crippen molar-refractivity contribution in [3.8, 4) is 11.4 Å². The highest BCUT2D eigenvalue weighted by Gasteiger charge is 2.37. The Morgan fingerprint density at radius 3 is 2.52 bits per heavy atom. The van der Waals surface area contributed by atoms with Crippen molar-refractivity contribution in [1.29, 1.82) is 0 Å². The van der Waals surface area contributed by atoms with Crippen LogP contribution < -0.4 is 10.1 Å². The number of imidazole rings is 1. The number of nitrogens with one attached hydrogen (secondary N) is 1. The Morgan fingerprint density at radius 1 is 0.970 bits per heavy atom. The zero-order valence-electron chi connectivity index (χ0n) is 19.2. The lowest BCUT2D eigenvalue weighted by Gasteiger charge is -2.37. The van der Waals surface area contributed by atoms with Gasteiger partial charge in [0.05, 0.1) is 30.5 Å². The molecule has 168 valence electrons. The molecular formula is C27H29N5O. The van der Waals surface area contributed by atoms with Gasteiger partial charge in [0.25, 0.3) is 0 Å². The molecule has 5 rings (SSSR count). The maximum Gasteiger partial charge on any atom is 0.227 e. The summed E-state index contributed by atoms with van der Waals surface area (Å²) in [5.74, 6) is 1.35. The largest absolute Gasteiger partial charge is 0.494 e. The lowest BCUT2D eigenvalue weighted by Crippen LogP contribution is -2.31. The van der Waals surface area contributed by atoms with Crippen LogP contribution >= 0.6 is 0 Å². The zero-order chi connectivity index (χ0) is 22.7. The maximum atomic E-state index is 5.65. The number of nitrogens with zero attached hydrogens (tertiary/aromatic N) is 4. The van der Waals surface area contributed by atoms with E-state index >= 15 is 0 Å². The first-order valence-corrected chi connectivity index (χ1v) is 11.5. The normalized spacial score (nSPS) is 15.2. The van der Waals surface area contributed by atoms with E-state index in [-0.39, 0.29) is 5.41 Å². The molecule has 0 bridgehead atoms. The fraction of sp³-hybridized carbons (Fsp3) is 0.296. The van der Waals surface area contributed by atoms with Crippen molar-refractivity contribution in [1.82, 2.24) is 19.5 Å². The quantitative estimate of drug-likeness (QED) is 0.401. The van der Waals surface area contributed by atoms with Crippen LogP contribution in [-0.4, -0.2) is 26.6 Å². The molecule has 1 aliphatic carbocycles. The minimum Gasteiger partial charge on any atom is -0.494 e. The van der Waals surface area contributed by atoms with Gasteiger partial charge >= 0.3 is 0 Å². The Labute approximate surface area is 194 Å². The molecule has 1 saturated carbocycles. The topological polar surface area (TPSA) is 64.9 Å². The number of aromatic nitrogens is 4. The van der Waals surface area contributed by atoms with Gasteiger partial charge in [-0.05, 0) is 43.5 Å². The molecule has 33 heavy (non-hydrogen) atoms. The second-order valence-corrected chi connectivity index (χ2v) is 8.71. The standard InChI is InChI=1S/C27H29N5O/c1-20-18-32(19-29-20)23-12-11-22(17-24(23)33-2)30-26-28-16-13-25(31-26)27(14-7-4-8-15-27)21-9-5-3-6-10-21/h3,5-6,9-13,16-19H,4,7-8,14-15H2,1-2H3,(H,28,30,31). The molecule has 0 spiro atoms. The highest BCUT2D eigenvalue weighted by atomic mass is 16.5. The lowest BCUT2D eigenvalue weighted by atomic mass is 9.67. The number of rotatable bonds is 6. The van der Waals surface area contributed by atoms with E-state index in [9.17, 15) is 0 Å². The van der Waals surface area contributed by atoms with E-state index in [0.29, 0.717) is 5.95 Å². The Bertz CT molecular complexity index is 1230. The van der Waals surface area contributed by atoms with Gasteiger partial charge < -0.3 is 14.6 Å². The van der Waals surface area contributed by atoms with Gasteiger partial charge in [-0.2, -0.15) is 0 Å². The smallest absolute Gasteiger partial charge is 0.227 e. The van der Waals surface area contributed by atoms with Gasteiger partial charge in [0, 0.05) is 29.6 Å². The average molecular weight is 440 g/mol. The summed E-state index contributed by atoms with van der Waals surface area (Å²) >= 11 is 0. The molecule has 0 saturated heterocycles. The second kappa shape index (κ2) is 9.06. The summed E-state index contributed by atoms with van der Waals surface area (Å²) in [7, 11) is 1.68. The molecule has 4 aromatic rings. The van der Waals surface area contributed by atoms with Crippen LogP contribution in [0, 0.1) is 6.92 Å². The minimum atomic E-state index is -0.0558. The van der Waals surface area contributed by atoms with Crippen LogP contribution in [0.5, 0.6) is 5.75 Å². The third-order valence-corrected chi connectivity index (χ3v) is 6.61. The highest BCUT2D eigenvalue weighted by molar-refractivity contribution is 5.62. The summed E-state index contributed by atoms with van der Waals surface area (Å²) in [4.78, 5) is 13.8. The number of methoxy groups -OCH3 is 1. The molecular weight excluding hydrogens is 410 g/mol. The van der Waals surface area contributed by atoms with Crippen LogP contribution in [0.2, 0.25) is 0 Å². The molecule has 0 unspecified atom stereocenters. The second-order valence-electron chi connectivity index (χ2n) is 8.71. The van der Waals surface area contributed by atoms with Crippen molar-refractivity contribution >= 4 is 11.6 Å². The van der Waals surface area contributed by atoms with E-state index in [1.165, 1.54) is 24.8 Å². The number of benzene rings is 2. The zero-order valence-corrected chi connectivity index (χ0v) is 19.2. The summed E-state index contributed by atoms with van der Waals surface area (Å²) < 4.78 is 7.61. The molecule has 6 nitrogen and oxygen atoms in total. The van der Waals surface area contributed by atoms with Gasteiger partial charge in [-0.25, -0.2) is 15.0 Å². The third-order valence-electron chi connectivity index (χ3n) is 6.61. The van der Waals surface area contributed by atoms with E-state index in [1.807, 2.05) is 42.1 Å². The van der Waals surface area contributed by atoms with Crippen molar-refractivity contribution in [3.63, 3.8) is 0 Å². The molecule has 6 heteroatoms. The van der Waals surface area contributed by atoms with Crippen LogP contribution in [0.3, 0.4) is 0 Å². The third kappa shape index (κ3) is 4.21. The van der Waals surface area contributed by atoms with Crippen molar-refractivity contribution in [2.45, 2.75) is 44.4 Å². The molecule has 0 radical (unpaired) electrons. The average Bonchev–Trinajstić information content (AvgIpc) is 3.31. The van der Waals surface area contributed by atoms with Crippen molar-refractivity contribution in [2.75, 3.05) is 12.4 Å². The Balaban J connectivity index is 1.46. The van der Waals surface area contributed by atoms with Crippen molar-refractivity contribution < 1.29 is 4.74 Å². The van der Waals surface area contributed by atoms with Gasteiger partial charge in [-0.1, -0.05) is 49.6 Å². The van der Waals surface area contributed by atoms with Gasteiger partial charge in [0.15, 0.2) is 0 Å². The van der Waals surface area contributed by atoms with Crippen LogP contribution in [0.25, 0.3) is 5.69 Å². The fourth-order valence-corrected chi connectivity index (χ4v) is 4.94. The van der Waals surface area contributed by atoms with Gasteiger partial charge in [0.1, 0.15) is 5.75 Å². The van der Waals surface area contributed by atoms with Crippen LogP contribution in [0.1, 0.15) is 49.1 Å². The number of hydrogen-bond acceptors (Lipinski definition) is 5. The van der Waals surface area contributed by atoms with Gasteiger partial charge in [-0.15, -0.1) is 0 Å². The summed E-state index contributed by atoms with van der Waals surface area (Å²) in [6, 6.07) is 18.9. The summed E-state index contributed by atoms with van der Waals surface area (Å²) in [5, 5.41) is 3.38. The first kappa shape index (κ1) is 21.2. The molecule has 0 amide bonds. The predicted octanol–water partition coefficient (Wildman–Crippen LogP) is 5.97. The van der Waals surface area contributed by atoms with Crippen molar-refractivity contribution in [3.05, 3.63) is 90.3 Å². The van der Waals surface area contributed by atoms with E-state index in [2.05, 4.69) is 51.7 Å². The fourth-order valence-electron chi connectivity index (χ4n) is 4.94. The summed E-state index contributed by atoms with van der Waals surface area (Å²) in [6.45, 7) is 1.97. The minimum absolute atomic E-state index is 0.0558. The first-order chi connectivity index (χ1) is 16.2. The lowest BCUT2D eigenvalue weighted by molar-refractivity contribution is 0.338. The molecule has 2 aromatic heterocycles.